The summed E-state index contributed by atoms with van der Waals surface area (Å²) < 4.78 is 13.9. The number of carboxylic acid groups (broad SMARTS) is 1. The van der Waals surface area contributed by atoms with Gasteiger partial charge in [0.25, 0.3) is 0 Å². The van der Waals surface area contributed by atoms with E-state index in [4.69, 9.17) is 5.11 Å². The lowest BCUT2D eigenvalue weighted by atomic mass is 9.54. The molecule has 1 aromatic heterocycles. The number of hydrogen-bond donors (Lipinski definition) is 1. The van der Waals surface area contributed by atoms with Gasteiger partial charge in [-0.3, -0.25) is 9.78 Å². The largest absolute Gasteiger partial charge is 0.481 e. The Kier molecular flexibility index (Phi) is 5.75. The second kappa shape index (κ2) is 8.58. The topological polar surface area (TPSA) is 53.4 Å². The summed E-state index contributed by atoms with van der Waals surface area (Å²) in [5.41, 5.74) is 6.49. The van der Waals surface area contributed by atoms with Crippen molar-refractivity contribution < 1.29 is 14.3 Å². The van der Waals surface area contributed by atoms with Crippen molar-refractivity contribution in [1.29, 1.82) is 0 Å². The molecule has 0 spiro atoms. The SMILES string of the molecule is CN(CCCC(=O)O)c1ccc2c(c1)CCC1C2CC[C@]2(C)C(c3cncc(F)c3)=CCC12. The number of halogens is 1. The van der Waals surface area contributed by atoms with Gasteiger partial charge in [-0.2, -0.15) is 0 Å². The van der Waals surface area contributed by atoms with Crippen LogP contribution < -0.4 is 4.90 Å². The summed E-state index contributed by atoms with van der Waals surface area (Å²) in [4.78, 5) is 17.1. The number of hydrogen-bond acceptors (Lipinski definition) is 3. The normalized spacial score (nSPS) is 27.8. The Labute approximate surface area is 195 Å². The number of pyridine rings is 1. The van der Waals surface area contributed by atoms with Gasteiger partial charge in [0.05, 0.1) is 6.20 Å². The molecular formula is C28H33FN2O2. The van der Waals surface area contributed by atoms with Gasteiger partial charge in [-0.15, -0.1) is 0 Å². The molecule has 0 radical (unpaired) electrons. The summed E-state index contributed by atoms with van der Waals surface area (Å²) in [5, 5.41) is 8.90. The van der Waals surface area contributed by atoms with Gasteiger partial charge < -0.3 is 10.0 Å². The van der Waals surface area contributed by atoms with Crippen LogP contribution in [0.4, 0.5) is 10.1 Å². The van der Waals surface area contributed by atoms with E-state index in [1.807, 2.05) is 13.2 Å². The summed E-state index contributed by atoms with van der Waals surface area (Å²) in [7, 11) is 2.05. The molecule has 0 amide bonds. The standard InChI is InChI=1S/C28H33FN2O2/c1-28-12-11-23-22-8-6-21(31(2)13-3-4-27(32)33)15-18(22)5-7-24(23)26(28)10-9-25(28)19-14-20(29)17-30-16-19/h6,8-9,14-17,23-24,26H,3-5,7,10-13H2,1-2H3,(H,32,33)/t23?,24?,26?,28-/m1/s1. The molecule has 5 heteroatoms. The first-order valence-electron chi connectivity index (χ1n) is 12.2. The molecule has 5 rings (SSSR count). The van der Waals surface area contributed by atoms with Crippen LogP contribution in [-0.4, -0.2) is 29.7 Å². The molecule has 3 unspecified atom stereocenters. The summed E-state index contributed by atoms with van der Waals surface area (Å²) in [6.07, 6.45) is 12.0. The zero-order chi connectivity index (χ0) is 23.2. The number of allylic oxidation sites excluding steroid dienone is 2. The Balaban J connectivity index is 1.34. The van der Waals surface area contributed by atoms with Crippen LogP contribution >= 0.6 is 0 Å². The lowest BCUT2D eigenvalue weighted by Crippen LogP contribution is -2.41. The third-order valence-corrected chi connectivity index (χ3v) is 8.63. The van der Waals surface area contributed by atoms with E-state index in [9.17, 15) is 9.18 Å². The Morgan fingerprint density at radius 1 is 1.27 bits per heavy atom. The van der Waals surface area contributed by atoms with Crippen molar-refractivity contribution in [3.63, 3.8) is 0 Å². The molecular weight excluding hydrogens is 415 g/mol. The number of rotatable bonds is 6. The maximum absolute atomic E-state index is 13.9. The second-order valence-corrected chi connectivity index (χ2v) is 10.4. The molecule has 0 aliphatic heterocycles. The predicted molar refractivity (Wildman–Crippen MR) is 129 cm³/mol. The summed E-state index contributed by atoms with van der Waals surface area (Å²) in [5.74, 6) is 0.857. The Bertz CT molecular complexity index is 1100. The van der Waals surface area contributed by atoms with E-state index in [2.05, 4.69) is 41.1 Å². The van der Waals surface area contributed by atoms with Crippen LogP contribution in [0.3, 0.4) is 0 Å². The zero-order valence-electron chi connectivity index (χ0n) is 19.6. The van der Waals surface area contributed by atoms with Crippen molar-refractivity contribution in [3.8, 4) is 0 Å². The lowest BCUT2D eigenvalue weighted by Gasteiger charge is -2.50. The highest BCUT2D eigenvalue weighted by atomic mass is 19.1. The Hall–Kier alpha value is -2.69. The van der Waals surface area contributed by atoms with Crippen LogP contribution in [0.15, 0.2) is 42.7 Å². The summed E-state index contributed by atoms with van der Waals surface area (Å²) in [6, 6.07) is 8.52. The molecule has 1 aromatic carbocycles. The minimum atomic E-state index is -0.734. The van der Waals surface area contributed by atoms with Crippen molar-refractivity contribution in [2.24, 2.45) is 17.3 Å². The number of carbonyl (C=O) groups is 1. The fraction of sp³-hybridized carbons (Fsp3) is 0.500. The van der Waals surface area contributed by atoms with E-state index in [1.165, 1.54) is 41.4 Å². The van der Waals surface area contributed by atoms with E-state index in [-0.39, 0.29) is 17.7 Å². The third-order valence-electron chi connectivity index (χ3n) is 8.63. The summed E-state index contributed by atoms with van der Waals surface area (Å²) in [6.45, 7) is 3.14. The minimum Gasteiger partial charge on any atom is -0.481 e. The molecule has 0 saturated heterocycles. The number of anilines is 1. The first-order chi connectivity index (χ1) is 15.9. The zero-order valence-corrected chi connectivity index (χ0v) is 19.6. The van der Waals surface area contributed by atoms with Gasteiger partial charge in [0, 0.05) is 31.9 Å². The van der Waals surface area contributed by atoms with E-state index in [1.54, 1.807) is 6.07 Å². The van der Waals surface area contributed by atoms with Crippen LogP contribution in [0.5, 0.6) is 0 Å². The third kappa shape index (κ3) is 3.96. The smallest absolute Gasteiger partial charge is 0.303 e. The highest BCUT2D eigenvalue weighted by Gasteiger charge is 2.51. The van der Waals surface area contributed by atoms with Crippen LogP contribution in [0.1, 0.15) is 68.1 Å². The number of aromatic nitrogens is 1. The fourth-order valence-electron chi connectivity index (χ4n) is 6.98. The lowest BCUT2D eigenvalue weighted by molar-refractivity contribution is -0.137. The van der Waals surface area contributed by atoms with Crippen LogP contribution in [0, 0.1) is 23.1 Å². The van der Waals surface area contributed by atoms with Crippen LogP contribution in [0.25, 0.3) is 5.57 Å². The first kappa shape index (κ1) is 22.1. The molecule has 3 aliphatic rings. The van der Waals surface area contributed by atoms with Gasteiger partial charge >= 0.3 is 5.97 Å². The fourth-order valence-corrected chi connectivity index (χ4v) is 6.98. The van der Waals surface area contributed by atoms with Crippen molar-refractivity contribution >= 4 is 17.2 Å². The van der Waals surface area contributed by atoms with E-state index in [0.717, 1.165) is 31.4 Å². The van der Waals surface area contributed by atoms with Gasteiger partial charge in [0.15, 0.2) is 0 Å². The van der Waals surface area contributed by atoms with Gasteiger partial charge in [0.2, 0.25) is 0 Å². The van der Waals surface area contributed by atoms with Gasteiger partial charge in [-0.25, -0.2) is 4.39 Å². The highest BCUT2D eigenvalue weighted by molar-refractivity contribution is 5.72. The second-order valence-electron chi connectivity index (χ2n) is 10.4. The molecule has 0 bridgehead atoms. The number of fused-ring (bicyclic) bond motifs is 5. The number of aryl methyl sites for hydroxylation is 1. The van der Waals surface area contributed by atoms with Crippen molar-refractivity contribution in [2.75, 3.05) is 18.5 Å². The van der Waals surface area contributed by atoms with E-state index < -0.39 is 5.97 Å². The quantitative estimate of drug-likeness (QED) is 0.583. The Morgan fingerprint density at radius 2 is 2.12 bits per heavy atom. The van der Waals surface area contributed by atoms with Crippen molar-refractivity contribution in [3.05, 3.63) is 65.2 Å². The molecule has 1 N–H and O–H groups in total. The maximum atomic E-state index is 13.9. The predicted octanol–water partition coefficient (Wildman–Crippen LogP) is 6.07. The molecule has 33 heavy (non-hydrogen) atoms. The maximum Gasteiger partial charge on any atom is 0.303 e. The van der Waals surface area contributed by atoms with Gasteiger partial charge in [-0.1, -0.05) is 19.1 Å². The number of carboxylic acids is 1. The number of benzene rings is 1. The Morgan fingerprint density at radius 3 is 2.91 bits per heavy atom. The van der Waals surface area contributed by atoms with Gasteiger partial charge in [-0.05, 0) is 102 Å². The molecule has 1 fully saturated rings. The monoisotopic (exact) mass is 448 g/mol. The highest BCUT2D eigenvalue weighted by Crippen LogP contribution is 2.63. The average molecular weight is 449 g/mol. The minimum absolute atomic E-state index is 0.0957. The van der Waals surface area contributed by atoms with Crippen LogP contribution in [-0.2, 0) is 11.2 Å². The van der Waals surface area contributed by atoms with E-state index in [0.29, 0.717) is 24.2 Å². The van der Waals surface area contributed by atoms with Gasteiger partial charge in [0.1, 0.15) is 5.82 Å². The van der Waals surface area contributed by atoms with Crippen LogP contribution in [0.2, 0.25) is 0 Å². The molecule has 4 nitrogen and oxygen atoms in total. The molecule has 2 aromatic rings. The molecule has 3 aliphatic carbocycles. The molecule has 1 heterocycles. The van der Waals surface area contributed by atoms with Crippen molar-refractivity contribution in [2.45, 2.75) is 57.8 Å². The first-order valence-corrected chi connectivity index (χ1v) is 12.2. The number of nitrogens with zero attached hydrogens (tertiary/aromatic N) is 2. The molecule has 174 valence electrons. The number of aliphatic carboxylic acids is 1. The van der Waals surface area contributed by atoms with E-state index >= 15 is 0 Å². The average Bonchev–Trinajstić information content (AvgIpc) is 3.15. The molecule has 4 atom stereocenters. The van der Waals surface area contributed by atoms with Crippen molar-refractivity contribution in [1.82, 2.24) is 4.98 Å². The molecule has 1 saturated carbocycles. The summed E-state index contributed by atoms with van der Waals surface area (Å²) >= 11 is 0.